The fourth-order valence-corrected chi connectivity index (χ4v) is 2.22. The highest BCUT2D eigenvalue weighted by Gasteiger charge is 2.07. The molecule has 0 radical (unpaired) electrons. The van der Waals surface area contributed by atoms with Gasteiger partial charge in [-0.2, -0.15) is 24.7 Å². The number of nitrogen functional groups attached to an aromatic ring is 1. The Morgan fingerprint density at radius 1 is 1.30 bits per heavy atom. The Bertz CT molecular complexity index is 705. The average molecular weight is 289 g/mol. The quantitative estimate of drug-likeness (QED) is 0.708. The van der Waals surface area contributed by atoms with Gasteiger partial charge in [0.2, 0.25) is 11.9 Å². The number of nitrogens with zero attached hydrogens (tertiary/aromatic N) is 7. The molecule has 0 amide bonds. The molecule has 0 bridgehead atoms. The molecule has 0 fully saturated rings. The van der Waals surface area contributed by atoms with E-state index in [4.69, 9.17) is 5.73 Å². The first-order valence-electron chi connectivity index (χ1n) is 5.72. The van der Waals surface area contributed by atoms with Crippen LogP contribution in [0.2, 0.25) is 0 Å². The lowest BCUT2D eigenvalue weighted by atomic mass is 10.6. The summed E-state index contributed by atoms with van der Waals surface area (Å²) in [6.45, 7) is 2.47. The number of nitrogens with two attached hydrogens (primary N) is 1. The zero-order valence-electron chi connectivity index (χ0n) is 10.6. The third-order valence-corrected chi connectivity index (χ3v) is 3.30. The molecule has 0 aliphatic rings. The second-order valence-electron chi connectivity index (χ2n) is 3.89. The summed E-state index contributed by atoms with van der Waals surface area (Å²) in [6, 6.07) is 0. The fraction of sp³-hybridized carbons (Fsp3) is 0.200. The molecule has 10 heteroatoms. The minimum absolute atomic E-state index is 0.114. The summed E-state index contributed by atoms with van der Waals surface area (Å²) in [5.74, 6) is 0.798. The first-order chi connectivity index (χ1) is 9.70. The smallest absolute Gasteiger partial charge is 0.258 e. The van der Waals surface area contributed by atoms with Crippen molar-refractivity contribution < 1.29 is 0 Å². The van der Waals surface area contributed by atoms with Crippen molar-refractivity contribution in [1.82, 2.24) is 34.7 Å². The number of nitrogens with one attached hydrogen (secondary N) is 1. The highest BCUT2D eigenvalue weighted by Crippen LogP contribution is 2.11. The topological polar surface area (TPSA) is 120 Å². The molecule has 0 aliphatic heterocycles. The number of hydrogen-bond acceptors (Lipinski definition) is 9. The van der Waals surface area contributed by atoms with E-state index in [-0.39, 0.29) is 5.95 Å². The summed E-state index contributed by atoms with van der Waals surface area (Å²) in [4.78, 5) is 20.4. The number of hydrogen-bond donors (Lipinski definition) is 2. The van der Waals surface area contributed by atoms with Crippen LogP contribution in [0, 0.1) is 6.92 Å². The molecule has 0 aromatic carbocycles. The van der Waals surface area contributed by atoms with Crippen LogP contribution in [0.5, 0.6) is 0 Å². The molecule has 3 rings (SSSR count). The first kappa shape index (κ1) is 12.4. The summed E-state index contributed by atoms with van der Waals surface area (Å²) < 4.78 is 1.41. The van der Waals surface area contributed by atoms with Crippen molar-refractivity contribution in [2.24, 2.45) is 0 Å². The summed E-state index contributed by atoms with van der Waals surface area (Å²) >= 11 is 1.57. The Labute approximate surface area is 118 Å². The first-order valence-corrected chi connectivity index (χ1v) is 6.60. The number of thiazole rings is 1. The molecule has 9 nitrogen and oxygen atoms in total. The second-order valence-corrected chi connectivity index (χ2v) is 4.84. The highest BCUT2D eigenvalue weighted by molar-refractivity contribution is 7.09. The van der Waals surface area contributed by atoms with Gasteiger partial charge in [0, 0.05) is 11.1 Å². The molecule has 102 valence electrons. The van der Waals surface area contributed by atoms with E-state index >= 15 is 0 Å². The van der Waals surface area contributed by atoms with Crippen molar-refractivity contribution in [2.75, 3.05) is 11.1 Å². The summed E-state index contributed by atoms with van der Waals surface area (Å²) in [5, 5.41) is 9.94. The predicted molar refractivity (Wildman–Crippen MR) is 73.3 cm³/mol. The van der Waals surface area contributed by atoms with Gasteiger partial charge in [0.05, 0.1) is 6.54 Å². The van der Waals surface area contributed by atoms with Gasteiger partial charge in [0.1, 0.15) is 17.7 Å². The van der Waals surface area contributed by atoms with E-state index in [1.807, 2.05) is 12.3 Å². The normalized spacial score (nSPS) is 10.7. The number of anilines is 2. The van der Waals surface area contributed by atoms with Gasteiger partial charge in [-0.3, -0.25) is 0 Å². The van der Waals surface area contributed by atoms with Crippen LogP contribution in [0.4, 0.5) is 11.9 Å². The summed E-state index contributed by atoms with van der Waals surface area (Å²) in [7, 11) is 0. The molecule has 3 aromatic heterocycles. The van der Waals surface area contributed by atoms with Gasteiger partial charge in [-0.05, 0) is 6.92 Å². The van der Waals surface area contributed by atoms with Gasteiger partial charge in [-0.15, -0.1) is 11.3 Å². The molecule has 0 aliphatic carbocycles. The minimum Gasteiger partial charge on any atom is -0.368 e. The molecule has 0 atom stereocenters. The molecule has 20 heavy (non-hydrogen) atoms. The van der Waals surface area contributed by atoms with E-state index in [9.17, 15) is 0 Å². The van der Waals surface area contributed by atoms with Crippen molar-refractivity contribution in [3.05, 3.63) is 28.7 Å². The van der Waals surface area contributed by atoms with Crippen molar-refractivity contribution >= 4 is 23.2 Å². The second kappa shape index (κ2) is 5.17. The standard InChI is InChI=1S/C10H11N9S/c1-6-3-20-7(15-6)2-13-9-16-8(11)17-10(18-9)19-5-12-4-14-19/h3-5H,2H2,1H3,(H3,11,13,16,17,18). The summed E-state index contributed by atoms with van der Waals surface area (Å²) in [6.07, 6.45) is 2.88. The Kier molecular flexibility index (Phi) is 3.21. The van der Waals surface area contributed by atoms with Gasteiger partial charge in [-0.25, -0.2) is 9.97 Å². The monoisotopic (exact) mass is 289 g/mol. The van der Waals surface area contributed by atoms with Crippen LogP contribution in [0.15, 0.2) is 18.0 Å². The van der Waals surface area contributed by atoms with Crippen LogP contribution in [-0.4, -0.2) is 34.7 Å². The van der Waals surface area contributed by atoms with Gasteiger partial charge >= 0.3 is 0 Å². The van der Waals surface area contributed by atoms with E-state index in [1.165, 1.54) is 17.3 Å². The maximum atomic E-state index is 5.66. The molecule has 0 saturated carbocycles. The van der Waals surface area contributed by atoms with E-state index in [2.05, 4.69) is 35.3 Å². The van der Waals surface area contributed by atoms with E-state index in [1.54, 1.807) is 11.3 Å². The number of rotatable bonds is 4. The largest absolute Gasteiger partial charge is 0.368 e. The van der Waals surface area contributed by atoms with E-state index < -0.39 is 0 Å². The maximum Gasteiger partial charge on any atom is 0.258 e. The molecule has 0 unspecified atom stereocenters. The van der Waals surface area contributed by atoms with Crippen LogP contribution in [0.1, 0.15) is 10.7 Å². The zero-order valence-corrected chi connectivity index (χ0v) is 11.4. The zero-order chi connectivity index (χ0) is 13.9. The van der Waals surface area contributed by atoms with Crippen LogP contribution in [0.3, 0.4) is 0 Å². The molecule has 3 aromatic rings. The lowest BCUT2D eigenvalue weighted by molar-refractivity contribution is 0.797. The Balaban J connectivity index is 1.79. The van der Waals surface area contributed by atoms with Crippen molar-refractivity contribution in [3.63, 3.8) is 0 Å². The molecule has 0 saturated heterocycles. The van der Waals surface area contributed by atoms with Gasteiger partial charge < -0.3 is 11.1 Å². The van der Waals surface area contributed by atoms with E-state index in [0.717, 1.165) is 10.7 Å². The third kappa shape index (κ3) is 2.69. The highest BCUT2D eigenvalue weighted by atomic mass is 32.1. The van der Waals surface area contributed by atoms with Crippen molar-refractivity contribution in [3.8, 4) is 5.95 Å². The van der Waals surface area contributed by atoms with Crippen LogP contribution in [-0.2, 0) is 6.54 Å². The molecule has 3 heterocycles. The average Bonchev–Trinajstić information content (AvgIpc) is 3.07. The lowest BCUT2D eigenvalue weighted by Crippen LogP contribution is -2.11. The maximum absolute atomic E-state index is 5.66. The van der Waals surface area contributed by atoms with Crippen LogP contribution >= 0.6 is 11.3 Å². The third-order valence-electron chi connectivity index (χ3n) is 2.33. The Hall–Kier alpha value is -2.62. The van der Waals surface area contributed by atoms with Crippen LogP contribution in [0.25, 0.3) is 5.95 Å². The molecule has 3 N–H and O–H groups in total. The summed E-state index contributed by atoms with van der Waals surface area (Å²) in [5.41, 5.74) is 6.65. The van der Waals surface area contributed by atoms with Gasteiger partial charge in [0.15, 0.2) is 0 Å². The molecular weight excluding hydrogens is 278 g/mol. The minimum atomic E-state index is 0.114. The van der Waals surface area contributed by atoms with Crippen LogP contribution < -0.4 is 11.1 Å². The van der Waals surface area contributed by atoms with Crippen molar-refractivity contribution in [2.45, 2.75) is 13.5 Å². The van der Waals surface area contributed by atoms with Gasteiger partial charge in [0.25, 0.3) is 5.95 Å². The van der Waals surface area contributed by atoms with E-state index in [0.29, 0.717) is 18.4 Å². The Morgan fingerprint density at radius 3 is 2.90 bits per heavy atom. The predicted octanol–water partition coefficient (Wildman–Crippen LogP) is 0.412. The Morgan fingerprint density at radius 2 is 2.20 bits per heavy atom. The lowest BCUT2D eigenvalue weighted by Gasteiger charge is -2.05. The SMILES string of the molecule is Cc1csc(CNc2nc(N)nc(-n3cncn3)n2)n1. The van der Waals surface area contributed by atoms with Gasteiger partial charge in [-0.1, -0.05) is 0 Å². The molecular formula is C10H11N9S. The number of aryl methyl sites for hydroxylation is 1. The number of aromatic nitrogens is 7. The fourth-order valence-electron chi connectivity index (χ4n) is 1.51. The molecule has 0 spiro atoms. The van der Waals surface area contributed by atoms with Crippen molar-refractivity contribution in [1.29, 1.82) is 0 Å².